The van der Waals surface area contributed by atoms with Crippen LogP contribution < -0.4 is 5.32 Å². The lowest BCUT2D eigenvalue weighted by Gasteiger charge is -2.24. The summed E-state index contributed by atoms with van der Waals surface area (Å²) in [7, 11) is 0. The van der Waals surface area contributed by atoms with Crippen molar-refractivity contribution in [3.63, 3.8) is 0 Å². The molecule has 9 aromatic carbocycles. The summed E-state index contributed by atoms with van der Waals surface area (Å²) in [6.07, 6.45) is -0.426. The van der Waals surface area contributed by atoms with Gasteiger partial charge in [-0.3, -0.25) is 0 Å². The number of nitrogens with zero attached hydrogens (tertiary/aromatic N) is 2. The predicted molar refractivity (Wildman–Crippen MR) is 239 cm³/mol. The van der Waals surface area contributed by atoms with E-state index in [-0.39, 0.29) is 0 Å². The fourth-order valence-electron chi connectivity index (χ4n) is 8.72. The third-order valence-corrected chi connectivity index (χ3v) is 11.5. The van der Waals surface area contributed by atoms with Crippen molar-refractivity contribution < 1.29 is 8.83 Å². The van der Waals surface area contributed by atoms with Crippen molar-refractivity contribution in [3.05, 3.63) is 205 Å². The number of hydrogen-bond acceptors (Lipinski definition) is 5. The Hall–Kier alpha value is -7.76. The minimum Gasteiger partial charge on any atom is -0.456 e. The lowest BCUT2D eigenvalue weighted by atomic mass is 9.96. The van der Waals surface area contributed by atoms with Gasteiger partial charge in [0, 0.05) is 32.7 Å². The maximum Gasteiger partial charge on any atom is 0.160 e. The first kappa shape index (κ1) is 32.5. The summed E-state index contributed by atoms with van der Waals surface area (Å²) in [5.74, 6) is 1.40. The molecule has 0 radical (unpaired) electrons. The van der Waals surface area contributed by atoms with Crippen molar-refractivity contribution in [3.8, 4) is 22.3 Å². The third-order valence-electron chi connectivity index (χ3n) is 11.5. The van der Waals surface area contributed by atoms with Crippen LogP contribution in [-0.4, -0.2) is 11.7 Å². The minimum absolute atomic E-state index is 0.426. The Kier molecular flexibility index (Phi) is 7.23. The van der Waals surface area contributed by atoms with Gasteiger partial charge in [-0.05, 0) is 91.8 Å². The molecule has 1 N–H and O–H groups in total. The molecule has 12 rings (SSSR count). The summed E-state index contributed by atoms with van der Waals surface area (Å²) in [6, 6.07) is 65.7. The fourth-order valence-corrected chi connectivity index (χ4v) is 8.72. The predicted octanol–water partition coefficient (Wildman–Crippen LogP) is 13.6. The Morgan fingerprint density at radius 2 is 1.05 bits per heavy atom. The molecule has 1 aliphatic heterocycles. The summed E-state index contributed by atoms with van der Waals surface area (Å²) in [5.41, 5.74) is 10.9. The highest BCUT2D eigenvalue weighted by Crippen LogP contribution is 2.38. The number of benzene rings is 9. The smallest absolute Gasteiger partial charge is 0.160 e. The van der Waals surface area contributed by atoms with Crippen LogP contribution in [0.15, 0.2) is 207 Å². The zero-order chi connectivity index (χ0) is 38.2. The number of furan rings is 2. The van der Waals surface area contributed by atoms with Gasteiger partial charge in [-0.15, -0.1) is 0 Å². The molecule has 0 saturated heterocycles. The van der Waals surface area contributed by atoms with Gasteiger partial charge in [-0.1, -0.05) is 146 Å². The van der Waals surface area contributed by atoms with Crippen molar-refractivity contribution in [2.75, 3.05) is 0 Å². The van der Waals surface area contributed by atoms with Crippen LogP contribution in [0.2, 0.25) is 0 Å². The average Bonchev–Trinajstić information content (AvgIpc) is 3.87. The quantitative estimate of drug-likeness (QED) is 0.179. The molecule has 1 unspecified atom stereocenters. The molecule has 11 aromatic rings. The summed E-state index contributed by atoms with van der Waals surface area (Å²) in [5, 5.41) is 12.6. The Morgan fingerprint density at radius 3 is 1.91 bits per heavy atom. The van der Waals surface area contributed by atoms with Crippen molar-refractivity contribution in [2.45, 2.75) is 6.17 Å². The van der Waals surface area contributed by atoms with Gasteiger partial charge in [0.2, 0.25) is 0 Å². The highest BCUT2D eigenvalue weighted by atomic mass is 16.3. The maximum atomic E-state index is 6.62. The largest absolute Gasteiger partial charge is 0.456 e. The summed E-state index contributed by atoms with van der Waals surface area (Å²) >= 11 is 0. The van der Waals surface area contributed by atoms with Gasteiger partial charge in [-0.2, -0.15) is 0 Å². The third kappa shape index (κ3) is 5.25. The van der Waals surface area contributed by atoms with Gasteiger partial charge in [-0.25, -0.2) is 9.98 Å². The molecule has 1 atom stereocenters. The van der Waals surface area contributed by atoms with Crippen LogP contribution in [0.3, 0.4) is 0 Å². The van der Waals surface area contributed by atoms with Crippen LogP contribution >= 0.6 is 0 Å². The topological polar surface area (TPSA) is 63.0 Å². The Balaban J connectivity index is 1.02. The molecule has 0 aliphatic carbocycles. The second-order valence-corrected chi connectivity index (χ2v) is 14.9. The summed E-state index contributed by atoms with van der Waals surface area (Å²) < 4.78 is 12.8. The second kappa shape index (κ2) is 12.9. The first-order valence-electron chi connectivity index (χ1n) is 19.6. The molecule has 5 nitrogen and oxygen atoms in total. The van der Waals surface area contributed by atoms with Crippen molar-refractivity contribution in [1.29, 1.82) is 0 Å². The number of para-hydroxylation sites is 1. The lowest BCUT2D eigenvalue weighted by molar-refractivity contribution is 0.663. The molecular formula is C53H33N3O2. The van der Waals surface area contributed by atoms with E-state index in [1.807, 2.05) is 30.3 Å². The second-order valence-electron chi connectivity index (χ2n) is 14.9. The molecule has 0 amide bonds. The van der Waals surface area contributed by atoms with Crippen LogP contribution in [0.1, 0.15) is 22.9 Å². The van der Waals surface area contributed by atoms with Gasteiger partial charge >= 0.3 is 0 Å². The van der Waals surface area contributed by atoms with E-state index in [1.54, 1.807) is 0 Å². The molecule has 5 heteroatoms. The van der Waals surface area contributed by atoms with Gasteiger partial charge in [0.15, 0.2) is 5.84 Å². The van der Waals surface area contributed by atoms with Crippen molar-refractivity contribution in [1.82, 2.24) is 5.32 Å². The van der Waals surface area contributed by atoms with E-state index in [1.165, 1.54) is 21.9 Å². The van der Waals surface area contributed by atoms with Crippen molar-refractivity contribution in [2.24, 2.45) is 9.98 Å². The number of hydrogen-bond donors (Lipinski definition) is 1. The Bertz CT molecular complexity index is 3480. The normalized spacial score (nSPS) is 14.4. The number of nitrogens with one attached hydrogen (secondary N) is 1. The molecule has 0 fully saturated rings. The first-order valence-corrected chi connectivity index (χ1v) is 19.6. The maximum absolute atomic E-state index is 6.62. The van der Waals surface area contributed by atoms with Gasteiger partial charge in [0.25, 0.3) is 0 Å². The highest BCUT2D eigenvalue weighted by Gasteiger charge is 2.26. The minimum atomic E-state index is -0.426. The highest BCUT2D eigenvalue weighted by molar-refractivity contribution is 6.25. The molecule has 0 saturated carbocycles. The first-order chi connectivity index (χ1) is 28.7. The van der Waals surface area contributed by atoms with Crippen LogP contribution in [0, 0.1) is 0 Å². The van der Waals surface area contributed by atoms with Crippen LogP contribution in [0.25, 0.3) is 87.7 Å². The number of aliphatic imine (C=N–C) groups is 2. The molecule has 272 valence electrons. The lowest BCUT2D eigenvalue weighted by Crippen LogP contribution is -2.33. The number of amidine groups is 2. The fraction of sp³-hybridized carbons (Fsp3) is 0.0189. The Morgan fingerprint density at radius 1 is 0.397 bits per heavy atom. The van der Waals surface area contributed by atoms with Gasteiger partial charge in [0.1, 0.15) is 34.3 Å². The average molecular weight is 744 g/mol. The zero-order valence-electron chi connectivity index (χ0n) is 31.2. The molecule has 0 bridgehead atoms. The van der Waals surface area contributed by atoms with E-state index in [0.717, 1.165) is 88.3 Å². The summed E-state index contributed by atoms with van der Waals surface area (Å²) in [4.78, 5) is 10.8. The Labute approximate surface area is 333 Å². The summed E-state index contributed by atoms with van der Waals surface area (Å²) in [6.45, 7) is 0. The molecule has 58 heavy (non-hydrogen) atoms. The van der Waals surface area contributed by atoms with E-state index < -0.39 is 6.17 Å². The molecule has 2 aromatic heterocycles. The van der Waals surface area contributed by atoms with Gasteiger partial charge < -0.3 is 14.2 Å². The standard InChI is InChI=1S/C53H33N3O2/c1-2-11-32(12-3-1)33-21-23-34(24-22-33)35-25-27-42-49(31-35)58-48-20-10-18-43(50(42)48)52-54-51(37-26-28-47-44(30-37)41-17-8-9-19-46(41)57-47)55-53(56-52)45-29-36-13-4-5-14-38(36)39-15-6-7-16-40(39)45/h1-31,51H,(H,54,55,56). The number of fused-ring (bicyclic) bond motifs is 9. The van der Waals surface area contributed by atoms with E-state index >= 15 is 0 Å². The monoisotopic (exact) mass is 743 g/mol. The zero-order valence-corrected chi connectivity index (χ0v) is 31.2. The van der Waals surface area contributed by atoms with Crippen LogP contribution in [0.4, 0.5) is 0 Å². The SMILES string of the molecule is c1ccc(-c2ccc(-c3ccc4c(c3)oc3cccc(C5=NC(c6cc7ccccc7c7ccccc67)=NC(c6ccc7oc8ccccc8c7c6)N5)c34)cc2)cc1. The van der Waals surface area contributed by atoms with Gasteiger partial charge in [0.05, 0.1) is 0 Å². The van der Waals surface area contributed by atoms with E-state index in [9.17, 15) is 0 Å². The van der Waals surface area contributed by atoms with E-state index in [0.29, 0.717) is 5.84 Å². The molecule has 1 aliphatic rings. The van der Waals surface area contributed by atoms with Crippen LogP contribution in [0.5, 0.6) is 0 Å². The number of rotatable bonds is 5. The van der Waals surface area contributed by atoms with E-state index in [2.05, 4.69) is 163 Å². The molecule has 0 spiro atoms. The molecule has 3 heterocycles. The van der Waals surface area contributed by atoms with Crippen molar-refractivity contribution >= 4 is 77.1 Å². The van der Waals surface area contributed by atoms with Crippen LogP contribution in [-0.2, 0) is 0 Å². The van der Waals surface area contributed by atoms with E-state index in [4.69, 9.17) is 18.8 Å². The molecular weight excluding hydrogens is 711 g/mol.